The fraction of sp³-hybridized carbons (Fsp3) is 0.250. The number of hydrogen-bond donors (Lipinski definition) is 1. The highest BCUT2D eigenvalue weighted by atomic mass is 16.5. The van der Waals surface area contributed by atoms with Gasteiger partial charge in [0.15, 0.2) is 5.76 Å². The van der Waals surface area contributed by atoms with E-state index in [9.17, 15) is 4.79 Å². The highest BCUT2D eigenvalue weighted by Crippen LogP contribution is 2.25. The fourth-order valence-corrected chi connectivity index (χ4v) is 2.49. The van der Waals surface area contributed by atoms with Crippen molar-refractivity contribution in [2.75, 3.05) is 0 Å². The van der Waals surface area contributed by atoms with E-state index >= 15 is 0 Å². The van der Waals surface area contributed by atoms with Crippen molar-refractivity contribution < 1.29 is 13.7 Å². The number of rotatable bonds is 7. The first-order valence-corrected chi connectivity index (χ1v) is 8.58. The molecule has 134 valence electrons. The van der Waals surface area contributed by atoms with Gasteiger partial charge in [0, 0.05) is 6.08 Å². The molecule has 2 heterocycles. The van der Waals surface area contributed by atoms with Gasteiger partial charge in [-0.15, -0.1) is 0 Å². The molecule has 0 saturated carbocycles. The number of amides is 1. The number of furan rings is 1. The molecule has 1 amide bonds. The Kier molecular flexibility index (Phi) is 5.63. The van der Waals surface area contributed by atoms with Crippen molar-refractivity contribution in [1.29, 1.82) is 0 Å². The first kappa shape index (κ1) is 17.7. The third kappa shape index (κ3) is 4.27. The van der Waals surface area contributed by atoms with Gasteiger partial charge in [0.25, 0.3) is 0 Å². The molecule has 0 aliphatic heterocycles. The monoisotopic (exact) mass is 351 g/mol. The van der Waals surface area contributed by atoms with Crippen LogP contribution in [-0.4, -0.2) is 16.0 Å². The predicted octanol–water partition coefficient (Wildman–Crippen LogP) is 4.25. The molecular formula is C20H21N3O3. The number of nitrogens with one attached hydrogen (secondary N) is 1. The lowest BCUT2D eigenvalue weighted by atomic mass is 9.99. The van der Waals surface area contributed by atoms with Crippen LogP contribution in [0.2, 0.25) is 0 Å². The second-order valence-electron chi connectivity index (χ2n) is 6.05. The second kappa shape index (κ2) is 8.29. The molecule has 2 aromatic heterocycles. The SMILES string of the molecule is CCC(C)C(NC(=O)/C=C/c1ccccc1)c1nc(-c2ccco2)no1. The van der Waals surface area contributed by atoms with Crippen LogP contribution >= 0.6 is 0 Å². The van der Waals surface area contributed by atoms with E-state index in [2.05, 4.69) is 15.5 Å². The summed E-state index contributed by atoms with van der Waals surface area (Å²) in [5.74, 6) is 1.18. The minimum absolute atomic E-state index is 0.133. The van der Waals surface area contributed by atoms with E-state index in [1.807, 2.05) is 44.2 Å². The van der Waals surface area contributed by atoms with Crippen LogP contribution in [0.5, 0.6) is 0 Å². The summed E-state index contributed by atoms with van der Waals surface area (Å²) in [5.41, 5.74) is 0.959. The smallest absolute Gasteiger partial charge is 0.249 e. The van der Waals surface area contributed by atoms with Crippen molar-refractivity contribution >= 4 is 12.0 Å². The maximum atomic E-state index is 12.3. The number of hydrogen-bond acceptors (Lipinski definition) is 5. The minimum Gasteiger partial charge on any atom is -0.461 e. The molecule has 2 atom stereocenters. The van der Waals surface area contributed by atoms with E-state index in [0.717, 1.165) is 12.0 Å². The van der Waals surface area contributed by atoms with Crippen LogP contribution in [0.4, 0.5) is 0 Å². The van der Waals surface area contributed by atoms with Crippen LogP contribution < -0.4 is 5.32 Å². The number of nitrogens with zero attached hydrogens (tertiary/aromatic N) is 2. The van der Waals surface area contributed by atoms with Gasteiger partial charge >= 0.3 is 0 Å². The van der Waals surface area contributed by atoms with Gasteiger partial charge in [-0.05, 0) is 29.7 Å². The molecule has 6 heteroatoms. The average Bonchev–Trinajstić information content (AvgIpc) is 3.36. The van der Waals surface area contributed by atoms with Crippen LogP contribution in [0.25, 0.3) is 17.7 Å². The Labute approximate surface area is 151 Å². The fourth-order valence-electron chi connectivity index (χ4n) is 2.49. The molecule has 0 bridgehead atoms. The Bertz CT molecular complexity index is 854. The summed E-state index contributed by atoms with van der Waals surface area (Å²) < 4.78 is 10.7. The molecule has 3 aromatic rings. The Hall–Kier alpha value is -3.15. The Morgan fingerprint density at radius 3 is 2.73 bits per heavy atom. The Morgan fingerprint density at radius 1 is 1.23 bits per heavy atom. The summed E-state index contributed by atoms with van der Waals surface area (Å²) in [5, 5.41) is 6.91. The zero-order chi connectivity index (χ0) is 18.4. The Morgan fingerprint density at radius 2 is 2.04 bits per heavy atom. The normalized spacial score (nSPS) is 13.6. The molecule has 26 heavy (non-hydrogen) atoms. The van der Waals surface area contributed by atoms with Gasteiger partial charge in [-0.2, -0.15) is 4.98 Å². The summed E-state index contributed by atoms with van der Waals surface area (Å²) in [6.07, 6.45) is 5.68. The number of aromatic nitrogens is 2. The molecule has 0 radical (unpaired) electrons. The van der Waals surface area contributed by atoms with Crippen LogP contribution in [0.15, 0.2) is 63.7 Å². The molecule has 1 N–H and O–H groups in total. The molecule has 2 unspecified atom stereocenters. The molecule has 0 aliphatic carbocycles. The summed E-state index contributed by atoms with van der Waals surface area (Å²) in [6.45, 7) is 4.08. The lowest BCUT2D eigenvalue weighted by molar-refractivity contribution is -0.117. The van der Waals surface area contributed by atoms with E-state index in [1.54, 1.807) is 24.5 Å². The van der Waals surface area contributed by atoms with Crippen LogP contribution in [0, 0.1) is 5.92 Å². The maximum Gasteiger partial charge on any atom is 0.249 e. The maximum absolute atomic E-state index is 12.3. The van der Waals surface area contributed by atoms with Gasteiger partial charge in [0.05, 0.1) is 6.26 Å². The van der Waals surface area contributed by atoms with Crippen molar-refractivity contribution in [2.45, 2.75) is 26.3 Å². The van der Waals surface area contributed by atoms with Gasteiger partial charge in [0.2, 0.25) is 17.6 Å². The highest BCUT2D eigenvalue weighted by molar-refractivity contribution is 5.91. The third-order valence-corrected chi connectivity index (χ3v) is 4.19. The minimum atomic E-state index is -0.371. The topological polar surface area (TPSA) is 81.2 Å². The van der Waals surface area contributed by atoms with Crippen LogP contribution in [0.1, 0.15) is 37.8 Å². The van der Waals surface area contributed by atoms with Gasteiger partial charge in [-0.25, -0.2) is 0 Å². The lowest BCUT2D eigenvalue weighted by Crippen LogP contribution is -2.31. The molecule has 0 aliphatic rings. The summed E-state index contributed by atoms with van der Waals surface area (Å²) in [7, 11) is 0. The molecule has 1 aromatic carbocycles. The number of benzene rings is 1. The van der Waals surface area contributed by atoms with Crippen molar-refractivity contribution in [2.24, 2.45) is 5.92 Å². The standard InChI is InChI=1S/C20H21N3O3/c1-3-14(2)18(20-22-19(23-26-20)16-10-7-13-25-16)21-17(24)12-11-15-8-5-4-6-9-15/h4-14,18H,3H2,1-2H3,(H,21,24)/b12-11+. The predicted molar refractivity (Wildman–Crippen MR) is 97.8 cm³/mol. The largest absolute Gasteiger partial charge is 0.461 e. The third-order valence-electron chi connectivity index (χ3n) is 4.19. The zero-order valence-corrected chi connectivity index (χ0v) is 14.8. The zero-order valence-electron chi connectivity index (χ0n) is 14.8. The number of carbonyl (C=O) groups is 1. The van der Waals surface area contributed by atoms with E-state index in [0.29, 0.717) is 17.5 Å². The first-order chi connectivity index (χ1) is 12.7. The van der Waals surface area contributed by atoms with Gasteiger partial charge in [-0.3, -0.25) is 4.79 Å². The average molecular weight is 351 g/mol. The van der Waals surface area contributed by atoms with E-state index in [1.165, 1.54) is 6.08 Å². The summed E-state index contributed by atoms with van der Waals surface area (Å²) in [6, 6.07) is 12.8. The molecular weight excluding hydrogens is 330 g/mol. The van der Waals surface area contributed by atoms with Crippen molar-refractivity contribution in [1.82, 2.24) is 15.5 Å². The van der Waals surface area contributed by atoms with Crippen molar-refractivity contribution in [3.63, 3.8) is 0 Å². The summed E-state index contributed by atoms with van der Waals surface area (Å²) >= 11 is 0. The lowest BCUT2D eigenvalue weighted by Gasteiger charge is -2.19. The van der Waals surface area contributed by atoms with Crippen molar-refractivity contribution in [3.05, 3.63) is 66.3 Å². The van der Waals surface area contributed by atoms with Gasteiger partial charge in [0.1, 0.15) is 6.04 Å². The van der Waals surface area contributed by atoms with Gasteiger partial charge < -0.3 is 14.3 Å². The highest BCUT2D eigenvalue weighted by Gasteiger charge is 2.26. The first-order valence-electron chi connectivity index (χ1n) is 8.58. The number of carbonyl (C=O) groups excluding carboxylic acids is 1. The second-order valence-corrected chi connectivity index (χ2v) is 6.05. The quantitative estimate of drug-likeness (QED) is 0.644. The van der Waals surface area contributed by atoms with Crippen LogP contribution in [-0.2, 0) is 4.79 Å². The molecule has 3 rings (SSSR count). The van der Waals surface area contributed by atoms with Crippen molar-refractivity contribution in [3.8, 4) is 11.6 Å². The van der Waals surface area contributed by atoms with E-state index < -0.39 is 0 Å². The molecule has 6 nitrogen and oxygen atoms in total. The van der Waals surface area contributed by atoms with Crippen LogP contribution in [0.3, 0.4) is 0 Å². The molecule has 0 spiro atoms. The molecule has 0 saturated heterocycles. The molecule has 0 fully saturated rings. The summed E-state index contributed by atoms with van der Waals surface area (Å²) in [4.78, 5) is 16.7. The van der Waals surface area contributed by atoms with E-state index in [4.69, 9.17) is 8.94 Å². The van der Waals surface area contributed by atoms with Gasteiger partial charge in [-0.1, -0.05) is 55.8 Å². The van der Waals surface area contributed by atoms with E-state index in [-0.39, 0.29) is 17.9 Å². The Balaban J connectivity index is 1.74.